The number of thioether (sulfide) groups is 1. The summed E-state index contributed by atoms with van der Waals surface area (Å²) in [6.07, 6.45) is 0.508. The van der Waals surface area contributed by atoms with E-state index in [1.807, 2.05) is 6.92 Å². The number of amides is 1. The van der Waals surface area contributed by atoms with Gasteiger partial charge in [0.05, 0.1) is 24.5 Å². The van der Waals surface area contributed by atoms with E-state index in [0.29, 0.717) is 31.0 Å². The van der Waals surface area contributed by atoms with Gasteiger partial charge in [0.2, 0.25) is 5.91 Å². The molecule has 2 aliphatic rings. The Balaban J connectivity index is 1.57. The molecule has 2 saturated heterocycles. The summed E-state index contributed by atoms with van der Waals surface area (Å²) in [6.45, 7) is 2.90. The Morgan fingerprint density at radius 2 is 2.04 bits per heavy atom. The second kappa shape index (κ2) is 7.93. The van der Waals surface area contributed by atoms with Crippen LogP contribution >= 0.6 is 11.8 Å². The monoisotopic (exact) mass is 401 g/mol. The Labute approximate surface area is 166 Å². The Morgan fingerprint density at radius 3 is 2.71 bits per heavy atom. The van der Waals surface area contributed by atoms with E-state index in [-0.39, 0.29) is 29.2 Å². The summed E-state index contributed by atoms with van der Waals surface area (Å²) < 4.78 is 23.9. The quantitative estimate of drug-likeness (QED) is 0.729. The van der Waals surface area contributed by atoms with Crippen LogP contribution in [-0.4, -0.2) is 36.9 Å². The van der Waals surface area contributed by atoms with Crippen molar-refractivity contribution < 1.29 is 23.5 Å². The van der Waals surface area contributed by atoms with Crippen molar-refractivity contribution in [3.8, 4) is 0 Å². The highest BCUT2D eigenvalue weighted by molar-refractivity contribution is 8.00. The SMILES string of the molecule is Cc1cc(C(=O)OC2CCOC2)ccc1N1C(=O)CSC1c1ccc(F)cc1. The standard InChI is InChI=1S/C21H20FNO4S/c1-13-10-15(21(25)27-17-8-9-26-11-17)4-7-18(13)23-19(24)12-28-20(23)14-2-5-16(22)6-3-14/h2-7,10,17,20H,8-9,11-12H2,1H3. The van der Waals surface area contributed by atoms with Gasteiger partial charge in [-0.3, -0.25) is 9.69 Å². The van der Waals surface area contributed by atoms with Crippen LogP contribution in [0.4, 0.5) is 10.1 Å². The van der Waals surface area contributed by atoms with Gasteiger partial charge in [-0.2, -0.15) is 0 Å². The van der Waals surface area contributed by atoms with Gasteiger partial charge in [0.25, 0.3) is 0 Å². The van der Waals surface area contributed by atoms with Crippen LogP contribution in [0.25, 0.3) is 0 Å². The number of hydrogen-bond acceptors (Lipinski definition) is 5. The molecular weight excluding hydrogens is 381 g/mol. The molecule has 2 aromatic carbocycles. The predicted molar refractivity (Wildman–Crippen MR) is 105 cm³/mol. The van der Waals surface area contributed by atoms with Crippen molar-refractivity contribution in [1.29, 1.82) is 0 Å². The molecule has 0 bridgehead atoms. The smallest absolute Gasteiger partial charge is 0.338 e. The third kappa shape index (κ3) is 3.77. The maximum absolute atomic E-state index is 13.3. The lowest BCUT2D eigenvalue weighted by Gasteiger charge is -2.26. The molecule has 2 atom stereocenters. The lowest BCUT2D eigenvalue weighted by atomic mass is 10.1. The van der Waals surface area contributed by atoms with E-state index in [2.05, 4.69) is 0 Å². The van der Waals surface area contributed by atoms with Crippen molar-refractivity contribution in [2.45, 2.75) is 24.8 Å². The highest BCUT2D eigenvalue weighted by Crippen LogP contribution is 2.42. The van der Waals surface area contributed by atoms with Gasteiger partial charge in [-0.15, -0.1) is 11.8 Å². The fourth-order valence-corrected chi connectivity index (χ4v) is 4.61. The molecule has 0 radical (unpaired) electrons. The number of halogens is 1. The van der Waals surface area contributed by atoms with Crippen LogP contribution in [0.1, 0.15) is 33.3 Å². The molecule has 0 aliphatic carbocycles. The second-order valence-electron chi connectivity index (χ2n) is 6.87. The van der Waals surface area contributed by atoms with Gasteiger partial charge in [-0.05, 0) is 48.4 Å². The topological polar surface area (TPSA) is 55.8 Å². The fraction of sp³-hybridized carbons (Fsp3) is 0.333. The van der Waals surface area contributed by atoms with Crippen molar-refractivity contribution in [1.82, 2.24) is 0 Å². The summed E-state index contributed by atoms with van der Waals surface area (Å²) >= 11 is 1.50. The number of aryl methyl sites for hydroxylation is 1. The van der Waals surface area contributed by atoms with Crippen LogP contribution in [0.5, 0.6) is 0 Å². The number of hydrogen-bond donors (Lipinski definition) is 0. The Kier molecular flexibility index (Phi) is 5.37. The maximum Gasteiger partial charge on any atom is 0.338 e. The molecular formula is C21H20FNO4S. The van der Waals surface area contributed by atoms with Gasteiger partial charge in [0.15, 0.2) is 0 Å². The van der Waals surface area contributed by atoms with Crippen LogP contribution in [0.3, 0.4) is 0 Å². The van der Waals surface area contributed by atoms with E-state index in [1.165, 1.54) is 23.9 Å². The molecule has 2 aliphatic heterocycles. The normalized spacial score (nSPS) is 21.9. The number of rotatable bonds is 4. The molecule has 7 heteroatoms. The zero-order valence-electron chi connectivity index (χ0n) is 15.4. The van der Waals surface area contributed by atoms with E-state index in [1.54, 1.807) is 35.2 Å². The Hall–Kier alpha value is -2.38. The first-order chi connectivity index (χ1) is 13.5. The van der Waals surface area contributed by atoms with Crippen LogP contribution in [0.15, 0.2) is 42.5 Å². The van der Waals surface area contributed by atoms with Gasteiger partial charge in [-0.25, -0.2) is 9.18 Å². The minimum Gasteiger partial charge on any atom is -0.456 e. The minimum atomic E-state index is -0.387. The molecule has 0 N–H and O–H groups in total. The van der Waals surface area contributed by atoms with Crippen molar-refractivity contribution in [2.24, 2.45) is 0 Å². The first kappa shape index (κ1) is 19.0. The van der Waals surface area contributed by atoms with E-state index < -0.39 is 0 Å². The molecule has 2 heterocycles. The molecule has 2 unspecified atom stereocenters. The van der Waals surface area contributed by atoms with Crippen LogP contribution in [0, 0.1) is 12.7 Å². The van der Waals surface area contributed by atoms with E-state index in [9.17, 15) is 14.0 Å². The minimum absolute atomic E-state index is 0.0131. The molecule has 2 aromatic rings. The molecule has 146 valence electrons. The van der Waals surface area contributed by atoms with Crippen molar-refractivity contribution in [3.63, 3.8) is 0 Å². The van der Waals surface area contributed by atoms with Crippen molar-refractivity contribution in [3.05, 3.63) is 65.0 Å². The average Bonchev–Trinajstić information content (AvgIpc) is 3.32. The number of carbonyl (C=O) groups excluding carboxylic acids is 2. The number of esters is 1. The molecule has 0 aromatic heterocycles. The molecule has 28 heavy (non-hydrogen) atoms. The van der Waals surface area contributed by atoms with Crippen molar-refractivity contribution in [2.75, 3.05) is 23.9 Å². The van der Waals surface area contributed by atoms with E-state index in [0.717, 1.165) is 16.8 Å². The summed E-state index contributed by atoms with van der Waals surface area (Å²) in [5.74, 6) is -0.355. The average molecular weight is 401 g/mol. The maximum atomic E-state index is 13.3. The zero-order valence-corrected chi connectivity index (χ0v) is 16.2. The molecule has 1 amide bonds. The first-order valence-electron chi connectivity index (χ1n) is 9.11. The second-order valence-corrected chi connectivity index (χ2v) is 7.94. The predicted octanol–water partition coefficient (Wildman–Crippen LogP) is 3.86. The number of benzene rings is 2. The highest BCUT2D eigenvalue weighted by atomic mass is 32.2. The molecule has 2 fully saturated rings. The summed E-state index contributed by atoms with van der Waals surface area (Å²) in [4.78, 5) is 26.6. The van der Waals surface area contributed by atoms with Gasteiger partial charge in [0, 0.05) is 12.1 Å². The third-order valence-electron chi connectivity index (χ3n) is 4.88. The third-order valence-corrected chi connectivity index (χ3v) is 6.09. The molecule has 4 rings (SSSR count). The Bertz CT molecular complexity index is 896. The van der Waals surface area contributed by atoms with Gasteiger partial charge < -0.3 is 9.47 Å². The lowest BCUT2D eigenvalue weighted by Crippen LogP contribution is -2.28. The number of anilines is 1. The lowest BCUT2D eigenvalue weighted by molar-refractivity contribution is -0.115. The van der Waals surface area contributed by atoms with Gasteiger partial charge >= 0.3 is 5.97 Å². The largest absolute Gasteiger partial charge is 0.456 e. The summed E-state index contributed by atoms with van der Waals surface area (Å²) in [7, 11) is 0. The van der Waals surface area contributed by atoms with Crippen molar-refractivity contribution >= 4 is 29.3 Å². The van der Waals surface area contributed by atoms with E-state index in [4.69, 9.17) is 9.47 Å². The molecule has 5 nitrogen and oxygen atoms in total. The van der Waals surface area contributed by atoms with Crippen LogP contribution < -0.4 is 4.90 Å². The number of nitrogens with zero attached hydrogens (tertiary/aromatic N) is 1. The van der Waals surface area contributed by atoms with Gasteiger partial charge in [-0.1, -0.05) is 12.1 Å². The first-order valence-corrected chi connectivity index (χ1v) is 10.2. The zero-order chi connectivity index (χ0) is 19.7. The summed E-state index contributed by atoms with van der Waals surface area (Å²) in [6, 6.07) is 11.4. The Morgan fingerprint density at radius 1 is 1.25 bits per heavy atom. The highest BCUT2D eigenvalue weighted by Gasteiger charge is 2.35. The summed E-state index contributed by atoms with van der Waals surface area (Å²) in [5, 5.41) is -0.222. The number of ether oxygens (including phenoxy) is 2. The molecule has 0 saturated carbocycles. The van der Waals surface area contributed by atoms with Crippen LogP contribution in [0.2, 0.25) is 0 Å². The fourth-order valence-electron chi connectivity index (χ4n) is 3.44. The molecule has 0 spiro atoms. The van der Waals surface area contributed by atoms with Crippen LogP contribution in [-0.2, 0) is 14.3 Å². The van der Waals surface area contributed by atoms with Gasteiger partial charge in [0.1, 0.15) is 17.3 Å². The summed E-state index contributed by atoms with van der Waals surface area (Å²) in [5.41, 5.74) is 2.86. The number of carbonyl (C=O) groups is 2. The van der Waals surface area contributed by atoms with E-state index >= 15 is 0 Å².